The van der Waals surface area contributed by atoms with Gasteiger partial charge in [0.1, 0.15) is 0 Å². The van der Waals surface area contributed by atoms with Gasteiger partial charge < -0.3 is 0 Å². The summed E-state index contributed by atoms with van der Waals surface area (Å²) in [4.78, 5) is 0. The molecule has 0 unspecified atom stereocenters. The van der Waals surface area contributed by atoms with Crippen LogP contribution in [0.2, 0.25) is 0 Å². The van der Waals surface area contributed by atoms with E-state index in [1.165, 1.54) is 0 Å². The Morgan fingerprint density at radius 1 is 0.364 bits per heavy atom. The second-order valence-corrected chi connectivity index (χ2v) is 0. The minimum atomic E-state index is 0. The Bertz CT molecular complexity index is 14.1. The molecule has 11 heteroatoms. The van der Waals surface area contributed by atoms with E-state index in [2.05, 4.69) is 0 Å². The molecule has 0 nitrogen and oxygen atoms in total. The molecule has 0 spiro atoms. The van der Waals surface area contributed by atoms with E-state index in [0.29, 0.717) is 0 Å². The van der Waals surface area contributed by atoms with Gasteiger partial charge in [0.05, 0.1) is 0 Å². The third-order valence-corrected chi connectivity index (χ3v) is 0. The van der Waals surface area contributed by atoms with Gasteiger partial charge in [-0.15, -0.1) is 99.3 Å². The van der Waals surface area contributed by atoms with Crippen molar-refractivity contribution in [2.45, 2.75) is 0 Å². The predicted octanol–water partition coefficient (Wildman–Crippen LogP) is 2.73. The molecule has 0 aromatic carbocycles. The van der Waals surface area contributed by atoms with Crippen molar-refractivity contribution in [1.29, 1.82) is 0 Å². The van der Waals surface area contributed by atoms with Crippen molar-refractivity contribution in [1.82, 2.24) is 0 Å². The summed E-state index contributed by atoms with van der Waals surface area (Å²) in [6.45, 7) is 0. The first-order chi connectivity index (χ1) is 0. The van der Waals surface area contributed by atoms with E-state index in [1.54, 1.807) is 0 Å². The zero-order valence-corrected chi connectivity index (χ0v) is 15.6. The van der Waals surface area contributed by atoms with Gasteiger partial charge in [-0.3, -0.25) is 0 Å². The average Bonchev–Trinajstić information content (AvgIpc) is 0. The number of halogens is 8. The molecule has 0 aliphatic carbocycles. The van der Waals surface area contributed by atoms with Crippen LogP contribution in [0.15, 0.2) is 0 Å². The molecule has 0 aliphatic rings. The molecule has 0 heterocycles. The number of rotatable bonds is 0. The largest absolute Gasteiger partial charge is 0 e. The summed E-state index contributed by atoms with van der Waals surface area (Å²) in [5, 5.41) is 0. The standard InChI is InChI=1S/8ClH.Er.K.Nd.H/h8*1H;;;;. The fourth-order valence-corrected chi connectivity index (χ4v) is 0. The molecule has 0 bridgehead atoms. The summed E-state index contributed by atoms with van der Waals surface area (Å²) in [5.74, 6) is 0. The molecule has 0 amide bonds. The van der Waals surface area contributed by atoms with Crippen LogP contribution in [-0.2, 0) is 0 Å². The molecule has 0 rings (SSSR count). The van der Waals surface area contributed by atoms with Gasteiger partial charge in [0, 0.05) is 78.1 Å². The first-order valence-corrected chi connectivity index (χ1v) is 0. The molecule has 0 atom stereocenters. The quantitative estimate of drug-likeness (QED) is 0.357. The maximum atomic E-state index is 0. The second-order valence-electron chi connectivity index (χ2n) is 0. The summed E-state index contributed by atoms with van der Waals surface area (Å²) < 4.78 is 0. The molecule has 0 radical (unpaired) electrons. The van der Waals surface area contributed by atoms with Crippen LogP contribution in [0.5, 0.6) is 0 Å². The van der Waals surface area contributed by atoms with Crippen LogP contribution in [0.3, 0.4) is 0 Å². The molecule has 82 valence electrons. The molecule has 0 aromatic heterocycles. The van der Waals surface area contributed by atoms with Gasteiger partial charge in [0.2, 0.25) is 0 Å². The van der Waals surface area contributed by atoms with Gasteiger partial charge in [0.25, 0.3) is 0 Å². The Kier molecular flexibility index (Phi) is 949. The molecule has 0 N–H and O–H groups in total. The van der Waals surface area contributed by atoms with E-state index < -0.39 is 0 Å². The van der Waals surface area contributed by atoms with Gasteiger partial charge in [-0.25, -0.2) is 0 Å². The fraction of sp³-hybridized carbons (Fsp3) is 0. The molecule has 0 saturated carbocycles. The van der Waals surface area contributed by atoms with Crippen LogP contribution < -0.4 is 0 Å². The maximum absolute atomic E-state index is 0. The topological polar surface area (TPSA) is 0 Å². The molecular formula is H9Cl8ErKNd. The van der Waals surface area contributed by atoms with Crippen molar-refractivity contribution in [3.63, 3.8) is 0 Å². The van der Waals surface area contributed by atoms with Crippen molar-refractivity contribution in [3.05, 3.63) is 0 Å². The zero-order chi connectivity index (χ0) is 0. The van der Waals surface area contributed by atoms with E-state index in [0.717, 1.165) is 0 Å². The molecule has 0 aliphatic heterocycles. The van der Waals surface area contributed by atoms with E-state index >= 15 is 0 Å². The van der Waals surface area contributed by atoms with E-state index in [1.807, 2.05) is 0 Å². The van der Waals surface area contributed by atoms with Crippen molar-refractivity contribution < 1.29 is 78.1 Å². The summed E-state index contributed by atoms with van der Waals surface area (Å²) in [5.41, 5.74) is 0. The molecule has 0 fully saturated rings. The molecular weight excluding hydrogens is 634 g/mol. The smallest absolute Gasteiger partial charge is 0 e. The average molecular weight is 643 g/mol. The van der Waals surface area contributed by atoms with E-state index in [-0.39, 0.29) is 229 Å². The molecule has 0 saturated heterocycles. The Labute approximate surface area is 222 Å². The van der Waals surface area contributed by atoms with Crippen LogP contribution in [0.4, 0.5) is 0 Å². The summed E-state index contributed by atoms with van der Waals surface area (Å²) in [6.07, 6.45) is 0. The zero-order valence-electron chi connectivity index (χ0n) is 4.05. The predicted molar refractivity (Wildman–Crippen MR) is 65.1 cm³/mol. The maximum Gasteiger partial charge on any atom is 0 e. The van der Waals surface area contributed by atoms with Gasteiger partial charge in [-0.1, -0.05) is 0 Å². The van der Waals surface area contributed by atoms with Crippen molar-refractivity contribution in [2.75, 3.05) is 0 Å². The third-order valence-electron chi connectivity index (χ3n) is 0. The molecule has 11 heavy (non-hydrogen) atoms. The van der Waals surface area contributed by atoms with Crippen LogP contribution in [0.1, 0.15) is 0 Å². The van der Waals surface area contributed by atoms with Crippen molar-refractivity contribution >= 4 is 151 Å². The Morgan fingerprint density at radius 2 is 0.364 bits per heavy atom. The van der Waals surface area contributed by atoms with Crippen LogP contribution in [-0.4, -0.2) is 51.4 Å². The van der Waals surface area contributed by atoms with Crippen LogP contribution >= 0.6 is 99.3 Å². The SMILES string of the molecule is Cl.Cl.Cl.Cl.Cl.Cl.Cl.Cl.[Er].[KH].[Nd]. The van der Waals surface area contributed by atoms with E-state index in [4.69, 9.17) is 0 Å². The van der Waals surface area contributed by atoms with Crippen molar-refractivity contribution in [2.24, 2.45) is 0 Å². The van der Waals surface area contributed by atoms with Crippen molar-refractivity contribution in [3.8, 4) is 0 Å². The minimum absolute atomic E-state index is 0. The van der Waals surface area contributed by atoms with Crippen LogP contribution in [0, 0.1) is 78.1 Å². The Balaban J connectivity index is 0. The summed E-state index contributed by atoms with van der Waals surface area (Å²) >= 11 is 0. The van der Waals surface area contributed by atoms with E-state index in [9.17, 15) is 0 Å². The van der Waals surface area contributed by atoms with Gasteiger partial charge in [-0.05, 0) is 0 Å². The fourth-order valence-electron chi connectivity index (χ4n) is 0. The van der Waals surface area contributed by atoms with Crippen LogP contribution in [0.25, 0.3) is 0 Å². The third kappa shape index (κ3) is 81.6. The van der Waals surface area contributed by atoms with Gasteiger partial charge >= 0.3 is 51.4 Å². The normalized spacial score (nSPS) is 0. The first kappa shape index (κ1) is 112. The van der Waals surface area contributed by atoms with Gasteiger partial charge in [-0.2, -0.15) is 0 Å². The second kappa shape index (κ2) is 93.2. The molecule has 0 aromatic rings. The Hall–Kier alpha value is 6.55. The first-order valence-electron chi connectivity index (χ1n) is 0. The monoisotopic (exact) mass is 636 g/mol. The Morgan fingerprint density at radius 3 is 0.364 bits per heavy atom. The number of hydrogen-bond donors (Lipinski definition) is 0. The summed E-state index contributed by atoms with van der Waals surface area (Å²) in [6, 6.07) is 0. The summed E-state index contributed by atoms with van der Waals surface area (Å²) in [7, 11) is 0. The number of hydrogen-bond acceptors (Lipinski definition) is 0. The van der Waals surface area contributed by atoms with Gasteiger partial charge in [0.15, 0.2) is 0 Å². The minimum Gasteiger partial charge on any atom is 0 e.